The maximum Gasteiger partial charge on any atom is 0.0372 e. The smallest absolute Gasteiger partial charge is 0.0372 e. The first kappa shape index (κ1) is 16.7. The van der Waals surface area contributed by atoms with E-state index in [0.717, 1.165) is 21.9 Å². The van der Waals surface area contributed by atoms with Crippen molar-refractivity contribution in [3.05, 3.63) is 67.6 Å². The minimum atomic E-state index is 0.308. The molecule has 1 unspecified atom stereocenters. The van der Waals surface area contributed by atoms with Gasteiger partial charge < -0.3 is 5.32 Å². The van der Waals surface area contributed by atoms with Crippen molar-refractivity contribution < 1.29 is 0 Å². The first-order valence-corrected chi connectivity index (χ1v) is 8.84. The molecule has 1 atom stereocenters. The lowest BCUT2D eigenvalue weighted by atomic mass is 9.95. The zero-order valence-corrected chi connectivity index (χ0v) is 15.9. The minimum Gasteiger partial charge on any atom is -0.310 e. The molecule has 1 nitrogen and oxygen atoms in total. The molecule has 21 heavy (non-hydrogen) atoms. The molecule has 0 amide bonds. The van der Waals surface area contributed by atoms with E-state index in [9.17, 15) is 0 Å². The van der Waals surface area contributed by atoms with Gasteiger partial charge in [0.1, 0.15) is 0 Å². The Hall–Kier alpha value is -0.640. The minimum absolute atomic E-state index is 0.308. The third-order valence-corrected chi connectivity index (χ3v) is 4.93. The topological polar surface area (TPSA) is 12.0 Å². The van der Waals surface area contributed by atoms with Crippen molar-refractivity contribution in [3.63, 3.8) is 0 Å². The van der Waals surface area contributed by atoms with Crippen LogP contribution >= 0.6 is 31.9 Å². The molecule has 0 saturated heterocycles. The Bertz CT molecular complexity index is 623. The average molecular weight is 411 g/mol. The second-order valence-electron chi connectivity index (χ2n) is 5.41. The number of hydrogen-bond acceptors (Lipinski definition) is 1. The number of nitrogens with one attached hydrogen (secondary N) is 1. The lowest BCUT2D eigenvalue weighted by molar-refractivity contribution is 0.546. The van der Waals surface area contributed by atoms with E-state index in [1.54, 1.807) is 0 Å². The highest BCUT2D eigenvalue weighted by Crippen LogP contribution is 2.30. The second-order valence-corrected chi connectivity index (χ2v) is 7.18. The number of hydrogen-bond donors (Lipinski definition) is 1. The molecule has 0 aliphatic carbocycles. The predicted molar refractivity (Wildman–Crippen MR) is 97.9 cm³/mol. The third kappa shape index (κ3) is 4.41. The van der Waals surface area contributed by atoms with Crippen LogP contribution in [0.5, 0.6) is 0 Å². The summed E-state index contributed by atoms with van der Waals surface area (Å²) < 4.78 is 2.27. The molecule has 0 heterocycles. The third-order valence-electron chi connectivity index (χ3n) is 3.71. The van der Waals surface area contributed by atoms with Crippen LogP contribution in [0.2, 0.25) is 0 Å². The summed E-state index contributed by atoms with van der Waals surface area (Å²) in [5, 5.41) is 3.61. The zero-order chi connectivity index (χ0) is 15.4. The highest BCUT2D eigenvalue weighted by Gasteiger charge is 2.16. The number of halogens is 2. The summed E-state index contributed by atoms with van der Waals surface area (Å²) in [5.41, 5.74) is 5.38. The molecule has 2 aromatic carbocycles. The first-order chi connectivity index (χ1) is 10.0. The van der Waals surface area contributed by atoms with Gasteiger partial charge in [-0.2, -0.15) is 0 Å². The van der Waals surface area contributed by atoms with Gasteiger partial charge in [-0.3, -0.25) is 0 Å². The molecule has 0 aliphatic rings. The van der Waals surface area contributed by atoms with E-state index in [4.69, 9.17) is 0 Å². The van der Waals surface area contributed by atoms with Gasteiger partial charge in [0, 0.05) is 15.0 Å². The van der Waals surface area contributed by atoms with Gasteiger partial charge in [-0.1, -0.05) is 62.5 Å². The largest absolute Gasteiger partial charge is 0.310 e. The fourth-order valence-electron chi connectivity index (χ4n) is 2.56. The van der Waals surface area contributed by atoms with Gasteiger partial charge in [-0.25, -0.2) is 0 Å². The Morgan fingerprint density at radius 1 is 1.05 bits per heavy atom. The van der Waals surface area contributed by atoms with Crippen molar-refractivity contribution >= 4 is 31.9 Å². The van der Waals surface area contributed by atoms with Crippen molar-refractivity contribution in [2.24, 2.45) is 0 Å². The molecular weight excluding hydrogens is 390 g/mol. The summed E-state index contributed by atoms with van der Waals surface area (Å²) in [4.78, 5) is 0. The van der Waals surface area contributed by atoms with Gasteiger partial charge in [0.05, 0.1) is 0 Å². The van der Waals surface area contributed by atoms with E-state index in [1.807, 2.05) is 0 Å². The van der Waals surface area contributed by atoms with Crippen molar-refractivity contribution in [2.75, 3.05) is 6.54 Å². The van der Waals surface area contributed by atoms with Crippen LogP contribution in [0.15, 0.2) is 45.3 Å². The Balaban J connectivity index is 2.35. The number of aryl methyl sites for hydroxylation is 2. The van der Waals surface area contributed by atoms with Crippen LogP contribution in [-0.4, -0.2) is 6.54 Å². The molecule has 0 bridgehead atoms. The van der Waals surface area contributed by atoms with E-state index in [1.165, 1.54) is 22.3 Å². The molecule has 0 spiro atoms. The molecule has 1 N–H and O–H groups in total. The van der Waals surface area contributed by atoms with Crippen LogP contribution in [0.4, 0.5) is 0 Å². The average Bonchev–Trinajstić information content (AvgIpc) is 2.45. The molecule has 0 radical (unpaired) electrons. The number of benzene rings is 2. The van der Waals surface area contributed by atoms with Crippen LogP contribution in [0.1, 0.15) is 35.2 Å². The van der Waals surface area contributed by atoms with E-state index in [-0.39, 0.29) is 0 Å². The predicted octanol–water partition coefficient (Wildman–Crippen LogP) is 5.72. The SMILES string of the molecule is CCNC(Cc1cc(C)ccc1C)c1cc(Br)ccc1Br. The molecule has 0 fully saturated rings. The highest BCUT2D eigenvalue weighted by atomic mass is 79.9. The first-order valence-electron chi connectivity index (χ1n) is 7.25. The fourth-order valence-corrected chi connectivity index (χ4v) is 3.46. The van der Waals surface area contributed by atoms with Gasteiger partial charge in [0.25, 0.3) is 0 Å². The summed E-state index contributed by atoms with van der Waals surface area (Å²) >= 11 is 7.27. The van der Waals surface area contributed by atoms with Gasteiger partial charge in [0.15, 0.2) is 0 Å². The Kier molecular flexibility index (Phi) is 6.03. The van der Waals surface area contributed by atoms with E-state index >= 15 is 0 Å². The van der Waals surface area contributed by atoms with Crippen molar-refractivity contribution in [3.8, 4) is 0 Å². The zero-order valence-electron chi connectivity index (χ0n) is 12.7. The van der Waals surface area contributed by atoms with Crippen LogP contribution in [0.25, 0.3) is 0 Å². The Morgan fingerprint density at radius 3 is 2.52 bits per heavy atom. The van der Waals surface area contributed by atoms with Gasteiger partial charge in [-0.15, -0.1) is 0 Å². The molecule has 2 rings (SSSR count). The summed E-state index contributed by atoms with van der Waals surface area (Å²) in [5.74, 6) is 0. The second kappa shape index (κ2) is 7.57. The fraction of sp³-hybridized carbons (Fsp3) is 0.333. The lowest BCUT2D eigenvalue weighted by Crippen LogP contribution is -2.23. The van der Waals surface area contributed by atoms with Crippen molar-refractivity contribution in [1.82, 2.24) is 5.32 Å². The van der Waals surface area contributed by atoms with Crippen LogP contribution in [-0.2, 0) is 6.42 Å². The molecule has 2 aromatic rings. The van der Waals surface area contributed by atoms with E-state index in [0.29, 0.717) is 6.04 Å². The Morgan fingerprint density at radius 2 is 1.81 bits per heavy atom. The molecular formula is C18H21Br2N. The van der Waals surface area contributed by atoms with Gasteiger partial charge >= 0.3 is 0 Å². The van der Waals surface area contributed by atoms with Gasteiger partial charge in [0.2, 0.25) is 0 Å². The number of likely N-dealkylation sites (N-methyl/N-ethyl adjacent to an activating group) is 1. The molecule has 0 aliphatic heterocycles. The van der Waals surface area contributed by atoms with Crippen LogP contribution in [0.3, 0.4) is 0 Å². The standard InChI is InChI=1S/C18H21Br2N/c1-4-21-18(16-11-15(19)7-8-17(16)20)10-14-9-12(2)5-6-13(14)3/h5-9,11,18,21H,4,10H2,1-3H3. The van der Waals surface area contributed by atoms with E-state index < -0.39 is 0 Å². The number of rotatable bonds is 5. The molecule has 0 saturated carbocycles. The lowest BCUT2D eigenvalue weighted by Gasteiger charge is -2.21. The van der Waals surface area contributed by atoms with Crippen molar-refractivity contribution in [2.45, 2.75) is 33.2 Å². The molecule has 112 valence electrons. The molecule has 3 heteroatoms. The van der Waals surface area contributed by atoms with Crippen molar-refractivity contribution in [1.29, 1.82) is 0 Å². The normalized spacial score (nSPS) is 12.4. The summed E-state index contributed by atoms with van der Waals surface area (Å²) in [6.07, 6.45) is 0.996. The maximum atomic E-state index is 3.69. The van der Waals surface area contributed by atoms with Crippen LogP contribution < -0.4 is 5.32 Å². The van der Waals surface area contributed by atoms with Crippen LogP contribution in [0, 0.1) is 13.8 Å². The summed E-state index contributed by atoms with van der Waals surface area (Å²) in [7, 11) is 0. The van der Waals surface area contributed by atoms with E-state index in [2.05, 4.69) is 94.3 Å². The molecule has 0 aromatic heterocycles. The highest BCUT2D eigenvalue weighted by molar-refractivity contribution is 9.11. The van der Waals surface area contributed by atoms with Gasteiger partial charge in [-0.05, 0) is 61.7 Å². The maximum absolute atomic E-state index is 3.69. The summed E-state index contributed by atoms with van der Waals surface area (Å²) in [6, 6.07) is 13.4. The quantitative estimate of drug-likeness (QED) is 0.664. The Labute approximate surface area is 144 Å². The monoisotopic (exact) mass is 409 g/mol. The summed E-state index contributed by atoms with van der Waals surface area (Å²) in [6.45, 7) is 7.45.